The Morgan fingerprint density at radius 2 is 1.67 bits per heavy atom. The quantitative estimate of drug-likeness (QED) is 0.126. The summed E-state index contributed by atoms with van der Waals surface area (Å²) in [4.78, 5) is 0. The van der Waals surface area contributed by atoms with Crippen LogP contribution in [0.3, 0.4) is 0 Å². The van der Waals surface area contributed by atoms with E-state index >= 15 is 0 Å². The maximum atomic E-state index is 8.41. The Hall–Kier alpha value is -1.11. The summed E-state index contributed by atoms with van der Waals surface area (Å²) >= 11 is 0. The van der Waals surface area contributed by atoms with Crippen molar-refractivity contribution in [3.63, 3.8) is 0 Å². The van der Waals surface area contributed by atoms with Gasteiger partial charge in [0, 0.05) is 0 Å². The Balaban J connectivity index is -0.0000000383. The summed E-state index contributed by atoms with van der Waals surface area (Å²) in [5.74, 6) is -0.167. The smallest absolute Gasteiger partial charge is 0.167 e. The Kier molecular flexibility index (Phi) is 36.3. The van der Waals surface area contributed by atoms with E-state index in [0.717, 1.165) is 0 Å². The minimum Gasteiger partial charge on any atom is -0.412 e. The third-order valence-electron chi connectivity index (χ3n) is 0.730. The molecule has 15 heavy (non-hydrogen) atoms. The van der Waals surface area contributed by atoms with Crippen molar-refractivity contribution in [2.45, 2.75) is 26.1 Å². The van der Waals surface area contributed by atoms with Gasteiger partial charge >= 0.3 is 0 Å². The Morgan fingerprint density at radius 1 is 1.40 bits per heavy atom. The predicted octanol–water partition coefficient (Wildman–Crippen LogP) is -1.24. The maximum absolute atomic E-state index is 8.41. The second kappa shape index (κ2) is 18.6. The Morgan fingerprint density at radius 3 is 1.67 bits per heavy atom. The molecule has 0 aliphatic rings. The van der Waals surface area contributed by atoms with Crippen LogP contribution >= 0.6 is 12.4 Å². The number of nitriles is 1. The summed E-state index contributed by atoms with van der Waals surface area (Å²) in [5.41, 5.74) is 4.87. The monoisotopic (exact) mass is 246 g/mol. The van der Waals surface area contributed by atoms with E-state index in [1.807, 2.05) is 0 Å². The highest BCUT2D eigenvalue weighted by atomic mass is 35.5. The predicted molar refractivity (Wildman–Crippen MR) is 58.3 cm³/mol. The standard InChI is InChI=1S/C3H8N2O2.C3H5NO.ClH.H3N.H2O/c1-2(6)3(4)5-7;1-3(5)2-4;;;/h2,6-7H,1H3,(H2,4,5);3,5H,1H3;1H;1H3;1H2. The zero-order chi connectivity index (χ0) is 10.1. The molecule has 0 aliphatic heterocycles. The summed E-state index contributed by atoms with van der Waals surface area (Å²) < 4.78 is 0. The normalized spacial score (nSPS) is 12.1. The molecule has 0 aromatic carbocycles. The van der Waals surface area contributed by atoms with Crippen molar-refractivity contribution in [1.29, 1.82) is 5.26 Å². The molecule has 0 amide bonds. The number of aliphatic hydroxyl groups excluding tert-OH is 2. The van der Waals surface area contributed by atoms with Crippen LogP contribution in [0.2, 0.25) is 0 Å². The van der Waals surface area contributed by atoms with E-state index in [-0.39, 0.29) is 29.9 Å². The van der Waals surface area contributed by atoms with Crippen LogP contribution in [0.15, 0.2) is 5.16 Å². The van der Waals surface area contributed by atoms with Crippen LogP contribution in [0.5, 0.6) is 0 Å². The van der Waals surface area contributed by atoms with Crippen LogP contribution in [-0.2, 0) is 0 Å². The minimum atomic E-state index is -0.856. The zero-order valence-corrected chi connectivity index (χ0v) is 9.40. The van der Waals surface area contributed by atoms with Crippen molar-refractivity contribution in [2.24, 2.45) is 10.9 Å². The van der Waals surface area contributed by atoms with Gasteiger partial charge in [-0.3, -0.25) is 0 Å². The number of aliphatic hydroxyl groups is 2. The molecule has 94 valence electrons. The number of hydrogen-bond donors (Lipinski definition) is 5. The van der Waals surface area contributed by atoms with Gasteiger partial charge in [0.1, 0.15) is 12.2 Å². The van der Waals surface area contributed by atoms with Crippen LogP contribution in [0, 0.1) is 11.3 Å². The van der Waals surface area contributed by atoms with Gasteiger partial charge < -0.3 is 32.8 Å². The van der Waals surface area contributed by atoms with Crippen molar-refractivity contribution in [3.05, 3.63) is 0 Å². The Labute approximate surface area is 94.3 Å². The molecule has 0 aromatic rings. The molecule has 0 saturated heterocycles. The molecule has 0 aliphatic carbocycles. The third kappa shape index (κ3) is 32.2. The second-order valence-electron chi connectivity index (χ2n) is 2.01. The first kappa shape index (κ1) is 29.2. The van der Waals surface area contributed by atoms with Gasteiger partial charge in [-0.05, 0) is 13.8 Å². The first-order valence-corrected chi connectivity index (χ1v) is 3.18. The van der Waals surface area contributed by atoms with Crippen molar-refractivity contribution >= 4 is 18.2 Å². The number of nitrogens with zero attached hydrogens (tertiary/aromatic N) is 2. The van der Waals surface area contributed by atoms with Gasteiger partial charge in [0.25, 0.3) is 0 Å². The van der Waals surface area contributed by atoms with E-state index in [2.05, 4.69) is 5.16 Å². The average Bonchev–Trinajstić information content (AvgIpc) is 2.04. The molecule has 0 radical (unpaired) electrons. The summed E-state index contributed by atoms with van der Waals surface area (Å²) in [6.07, 6.45) is -1.67. The molecule has 0 spiro atoms. The summed E-state index contributed by atoms with van der Waals surface area (Å²) in [6.45, 7) is 2.83. The summed E-state index contributed by atoms with van der Waals surface area (Å²) in [5, 5.41) is 34.4. The van der Waals surface area contributed by atoms with E-state index in [0.29, 0.717) is 0 Å². The number of rotatable bonds is 1. The fourth-order valence-corrected chi connectivity index (χ4v) is 0.0836. The largest absolute Gasteiger partial charge is 0.412 e. The number of hydrogen-bond acceptors (Lipinski definition) is 6. The third-order valence-corrected chi connectivity index (χ3v) is 0.730. The molecule has 0 fully saturated rings. The van der Waals surface area contributed by atoms with Gasteiger partial charge in [-0.25, -0.2) is 0 Å². The van der Waals surface area contributed by atoms with E-state index in [1.165, 1.54) is 13.8 Å². The highest BCUT2D eigenvalue weighted by molar-refractivity contribution is 5.85. The molecular weight excluding hydrogens is 228 g/mol. The molecular formula is C6H19ClN4O4. The highest BCUT2D eigenvalue weighted by Crippen LogP contribution is 1.75. The van der Waals surface area contributed by atoms with Crippen molar-refractivity contribution < 1.29 is 20.9 Å². The van der Waals surface area contributed by atoms with Gasteiger partial charge in [0.2, 0.25) is 0 Å². The fourth-order valence-electron chi connectivity index (χ4n) is 0.0836. The number of halogens is 1. The lowest BCUT2D eigenvalue weighted by Crippen LogP contribution is -2.25. The van der Waals surface area contributed by atoms with Crippen molar-refractivity contribution in [3.8, 4) is 6.07 Å². The van der Waals surface area contributed by atoms with Crippen LogP contribution in [0.1, 0.15) is 13.8 Å². The van der Waals surface area contributed by atoms with Crippen molar-refractivity contribution in [2.75, 3.05) is 0 Å². The topological polar surface area (TPSA) is 189 Å². The molecule has 0 aromatic heterocycles. The minimum absolute atomic E-state index is 0. The van der Waals surface area contributed by atoms with Gasteiger partial charge in [-0.15, -0.1) is 12.4 Å². The van der Waals surface area contributed by atoms with Crippen LogP contribution < -0.4 is 11.9 Å². The first-order chi connectivity index (χ1) is 5.45. The highest BCUT2D eigenvalue weighted by Gasteiger charge is 1.97. The van der Waals surface area contributed by atoms with Gasteiger partial charge in [0.05, 0.1) is 6.07 Å². The lowest BCUT2D eigenvalue weighted by Gasteiger charge is -1.96. The van der Waals surface area contributed by atoms with E-state index < -0.39 is 12.2 Å². The van der Waals surface area contributed by atoms with Gasteiger partial charge in [0.15, 0.2) is 5.84 Å². The Bertz CT molecular complexity index is 180. The van der Waals surface area contributed by atoms with E-state index in [9.17, 15) is 0 Å². The first-order valence-electron chi connectivity index (χ1n) is 3.18. The van der Waals surface area contributed by atoms with Crippen LogP contribution in [0.4, 0.5) is 0 Å². The molecule has 0 rings (SSSR count). The molecule has 2 unspecified atom stereocenters. The SMILES string of the molecule is CC(O)C#N.CC(O)C(N)=NO.Cl.N.O. The lowest BCUT2D eigenvalue weighted by atomic mass is 10.4. The van der Waals surface area contributed by atoms with Crippen LogP contribution in [-0.4, -0.2) is 38.9 Å². The molecule has 0 saturated carbocycles. The molecule has 10 N–H and O–H groups in total. The van der Waals surface area contributed by atoms with Gasteiger partial charge in [-0.2, -0.15) is 5.26 Å². The molecule has 0 bridgehead atoms. The summed E-state index contributed by atoms with van der Waals surface area (Å²) in [7, 11) is 0. The summed E-state index contributed by atoms with van der Waals surface area (Å²) in [6, 6.07) is 1.58. The molecule has 2 atom stereocenters. The van der Waals surface area contributed by atoms with Gasteiger partial charge in [-0.1, -0.05) is 5.16 Å². The fraction of sp³-hybridized carbons (Fsp3) is 0.667. The van der Waals surface area contributed by atoms with Crippen LogP contribution in [0.25, 0.3) is 0 Å². The number of nitrogens with two attached hydrogens (primary N) is 1. The second-order valence-corrected chi connectivity index (χ2v) is 2.01. The zero-order valence-electron chi connectivity index (χ0n) is 8.58. The number of amidine groups is 1. The molecule has 8 nitrogen and oxygen atoms in total. The molecule has 0 heterocycles. The average molecular weight is 247 g/mol. The van der Waals surface area contributed by atoms with E-state index in [4.69, 9.17) is 26.4 Å². The van der Waals surface area contributed by atoms with Crippen molar-refractivity contribution in [1.82, 2.24) is 6.15 Å². The van der Waals surface area contributed by atoms with E-state index in [1.54, 1.807) is 6.07 Å². The number of oxime groups is 1. The molecule has 9 heteroatoms. The maximum Gasteiger partial charge on any atom is 0.167 e. The lowest BCUT2D eigenvalue weighted by molar-refractivity contribution is 0.246.